The Bertz CT molecular complexity index is 641. The van der Waals surface area contributed by atoms with Crippen molar-refractivity contribution in [1.82, 2.24) is 0 Å². The summed E-state index contributed by atoms with van der Waals surface area (Å²) < 4.78 is 5.90. The third kappa shape index (κ3) is 3.11. The molecule has 0 atom stereocenters. The van der Waals surface area contributed by atoms with Crippen LogP contribution in [0, 0.1) is 0 Å². The van der Waals surface area contributed by atoms with Crippen LogP contribution in [0.1, 0.15) is 15.9 Å². The maximum atomic E-state index is 12.4. The first-order valence-electron chi connectivity index (χ1n) is 5.36. The quantitative estimate of drug-likeness (QED) is 0.721. The van der Waals surface area contributed by atoms with Crippen LogP contribution in [0.5, 0.6) is 5.75 Å². The van der Waals surface area contributed by atoms with Crippen molar-refractivity contribution in [1.29, 1.82) is 0 Å². The zero-order valence-electron chi connectivity index (χ0n) is 9.91. The molecule has 5 heteroatoms. The first-order chi connectivity index (χ1) is 9.02. The van der Waals surface area contributed by atoms with E-state index in [4.69, 9.17) is 27.9 Å². The molecular formula is C14H9BrCl2O2. The molecule has 0 saturated heterocycles. The van der Waals surface area contributed by atoms with Gasteiger partial charge in [0, 0.05) is 15.6 Å². The fraction of sp³-hybridized carbons (Fsp3) is 0.0714. The summed E-state index contributed by atoms with van der Waals surface area (Å²) in [6, 6.07) is 10.0. The molecule has 98 valence electrons. The van der Waals surface area contributed by atoms with Crippen LogP contribution in [0.15, 0.2) is 40.9 Å². The van der Waals surface area contributed by atoms with Crippen molar-refractivity contribution in [2.24, 2.45) is 0 Å². The molecule has 0 spiro atoms. The molecule has 0 bridgehead atoms. The fourth-order valence-electron chi connectivity index (χ4n) is 1.62. The number of hydrogen-bond donors (Lipinski definition) is 0. The van der Waals surface area contributed by atoms with Crippen LogP contribution in [0.2, 0.25) is 10.0 Å². The third-order valence-corrected chi connectivity index (χ3v) is 3.73. The van der Waals surface area contributed by atoms with Gasteiger partial charge in [0.15, 0.2) is 5.78 Å². The zero-order valence-corrected chi connectivity index (χ0v) is 13.0. The number of ether oxygens (including phenoxy) is 1. The molecular weight excluding hydrogens is 351 g/mol. The van der Waals surface area contributed by atoms with Gasteiger partial charge < -0.3 is 4.74 Å². The van der Waals surface area contributed by atoms with Crippen molar-refractivity contribution in [3.63, 3.8) is 0 Å². The van der Waals surface area contributed by atoms with E-state index in [0.717, 1.165) is 4.47 Å². The molecule has 0 aliphatic carbocycles. The molecule has 0 fully saturated rings. The van der Waals surface area contributed by atoms with Gasteiger partial charge in [0.05, 0.1) is 17.2 Å². The van der Waals surface area contributed by atoms with Crippen LogP contribution in [0.25, 0.3) is 0 Å². The largest absolute Gasteiger partial charge is 0.497 e. The number of rotatable bonds is 3. The summed E-state index contributed by atoms with van der Waals surface area (Å²) in [6.07, 6.45) is 0. The lowest BCUT2D eigenvalue weighted by Gasteiger charge is -2.08. The Morgan fingerprint density at radius 3 is 2.42 bits per heavy atom. The lowest BCUT2D eigenvalue weighted by molar-refractivity contribution is 0.103. The van der Waals surface area contributed by atoms with Gasteiger partial charge in [-0.05, 0) is 36.4 Å². The second-order valence-corrected chi connectivity index (χ2v) is 5.53. The number of halogens is 3. The molecule has 2 nitrogen and oxygen atoms in total. The third-order valence-electron chi connectivity index (χ3n) is 2.59. The predicted molar refractivity (Wildman–Crippen MR) is 80.6 cm³/mol. The summed E-state index contributed by atoms with van der Waals surface area (Å²) in [4.78, 5) is 12.4. The second-order valence-electron chi connectivity index (χ2n) is 3.80. The number of ketones is 1. The molecule has 0 unspecified atom stereocenters. The molecule has 19 heavy (non-hydrogen) atoms. The molecule has 0 aliphatic rings. The standard InChI is InChI=1S/C14H9BrCl2O2/c1-19-9-3-5-12(16)11(7-9)14(18)10-4-2-8(15)6-13(10)17/h2-7H,1H3. The van der Waals surface area contributed by atoms with Crippen LogP contribution in [-0.2, 0) is 0 Å². The Labute approximate surface area is 129 Å². The van der Waals surface area contributed by atoms with E-state index in [2.05, 4.69) is 15.9 Å². The minimum Gasteiger partial charge on any atom is -0.497 e. The normalized spacial score (nSPS) is 10.3. The van der Waals surface area contributed by atoms with Gasteiger partial charge in [-0.2, -0.15) is 0 Å². The minimum atomic E-state index is -0.235. The van der Waals surface area contributed by atoms with Crippen LogP contribution < -0.4 is 4.74 Å². The monoisotopic (exact) mass is 358 g/mol. The van der Waals surface area contributed by atoms with Gasteiger partial charge in [0.1, 0.15) is 5.75 Å². The SMILES string of the molecule is COc1ccc(Cl)c(C(=O)c2ccc(Br)cc2Cl)c1. The first-order valence-corrected chi connectivity index (χ1v) is 6.91. The highest BCUT2D eigenvalue weighted by atomic mass is 79.9. The van der Waals surface area contributed by atoms with Gasteiger partial charge in [-0.1, -0.05) is 39.1 Å². The van der Waals surface area contributed by atoms with E-state index < -0.39 is 0 Å². The summed E-state index contributed by atoms with van der Waals surface area (Å²) >= 11 is 15.4. The average molecular weight is 360 g/mol. The molecule has 0 aliphatic heterocycles. The van der Waals surface area contributed by atoms with Crippen molar-refractivity contribution in [3.05, 3.63) is 62.0 Å². The summed E-state index contributed by atoms with van der Waals surface area (Å²) in [7, 11) is 1.53. The Balaban J connectivity index is 2.49. The summed E-state index contributed by atoms with van der Waals surface area (Å²) in [5, 5.41) is 0.739. The lowest BCUT2D eigenvalue weighted by atomic mass is 10.0. The molecule has 2 aromatic rings. The second kappa shape index (κ2) is 5.95. The Morgan fingerprint density at radius 1 is 1.05 bits per heavy atom. The van der Waals surface area contributed by atoms with E-state index in [0.29, 0.717) is 26.9 Å². The molecule has 0 heterocycles. The van der Waals surface area contributed by atoms with Crippen LogP contribution in [0.3, 0.4) is 0 Å². The smallest absolute Gasteiger partial charge is 0.196 e. The average Bonchev–Trinajstić information content (AvgIpc) is 2.38. The maximum Gasteiger partial charge on any atom is 0.196 e. The van der Waals surface area contributed by atoms with Crippen LogP contribution in [-0.4, -0.2) is 12.9 Å². The highest BCUT2D eigenvalue weighted by molar-refractivity contribution is 9.10. The van der Waals surface area contributed by atoms with E-state index >= 15 is 0 Å². The van der Waals surface area contributed by atoms with Crippen molar-refractivity contribution in [3.8, 4) is 5.75 Å². The molecule has 2 rings (SSSR count). The number of hydrogen-bond acceptors (Lipinski definition) is 2. The van der Waals surface area contributed by atoms with E-state index in [-0.39, 0.29) is 5.78 Å². The molecule has 0 saturated carbocycles. The molecule has 0 amide bonds. The summed E-state index contributed by atoms with van der Waals surface area (Å²) in [6.45, 7) is 0. The Kier molecular flexibility index (Phi) is 4.50. The van der Waals surface area contributed by atoms with Crippen molar-refractivity contribution < 1.29 is 9.53 Å². The van der Waals surface area contributed by atoms with Crippen molar-refractivity contribution >= 4 is 44.9 Å². The van der Waals surface area contributed by atoms with E-state index in [9.17, 15) is 4.79 Å². The van der Waals surface area contributed by atoms with E-state index in [1.165, 1.54) is 7.11 Å². The lowest BCUT2D eigenvalue weighted by Crippen LogP contribution is -2.03. The highest BCUT2D eigenvalue weighted by Gasteiger charge is 2.16. The molecule has 0 radical (unpaired) electrons. The van der Waals surface area contributed by atoms with Gasteiger partial charge in [-0.3, -0.25) is 4.79 Å². The molecule has 0 aromatic heterocycles. The van der Waals surface area contributed by atoms with Crippen LogP contribution in [0.4, 0.5) is 0 Å². The van der Waals surface area contributed by atoms with Gasteiger partial charge in [-0.25, -0.2) is 0 Å². The van der Waals surface area contributed by atoms with E-state index in [1.807, 2.05) is 0 Å². The fourth-order valence-corrected chi connectivity index (χ4v) is 2.59. The first kappa shape index (κ1) is 14.4. The Hall–Kier alpha value is -1.03. The Morgan fingerprint density at radius 2 is 1.79 bits per heavy atom. The summed E-state index contributed by atoms with van der Waals surface area (Å²) in [5.41, 5.74) is 0.769. The predicted octanol–water partition coefficient (Wildman–Crippen LogP) is 5.00. The number of carbonyl (C=O) groups is 1. The minimum absolute atomic E-state index is 0.235. The van der Waals surface area contributed by atoms with Crippen molar-refractivity contribution in [2.75, 3.05) is 7.11 Å². The molecule has 0 N–H and O–H groups in total. The van der Waals surface area contributed by atoms with Crippen molar-refractivity contribution in [2.45, 2.75) is 0 Å². The maximum absolute atomic E-state index is 12.4. The topological polar surface area (TPSA) is 26.3 Å². The number of carbonyl (C=O) groups excluding carboxylic acids is 1. The van der Waals surface area contributed by atoms with Gasteiger partial charge >= 0.3 is 0 Å². The molecule has 2 aromatic carbocycles. The van der Waals surface area contributed by atoms with E-state index in [1.54, 1.807) is 36.4 Å². The number of methoxy groups -OCH3 is 1. The van der Waals surface area contributed by atoms with Gasteiger partial charge in [0.25, 0.3) is 0 Å². The summed E-state index contributed by atoms with van der Waals surface area (Å²) in [5.74, 6) is 0.336. The van der Waals surface area contributed by atoms with Gasteiger partial charge in [-0.15, -0.1) is 0 Å². The zero-order chi connectivity index (χ0) is 14.0. The highest BCUT2D eigenvalue weighted by Crippen LogP contribution is 2.28. The van der Waals surface area contributed by atoms with Gasteiger partial charge in [0.2, 0.25) is 0 Å². The number of benzene rings is 2. The van der Waals surface area contributed by atoms with Crippen LogP contribution >= 0.6 is 39.1 Å².